The normalized spacial score (nSPS) is 20.3. The van der Waals surface area contributed by atoms with E-state index < -0.39 is 28.8 Å². The molecule has 0 radical (unpaired) electrons. The highest BCUT2D eigenvalue weighted by Crippen LogP contribution is 2.28. The summed E-state index contributed by atoms with van der Waals surface area (Å²) < 4.78 is 68.5. The zero-order valence-corrected chi connectivity index (χ0v) is 12.9. The third-order valence-corrected chi connectivity index (χ3v) is 5.05. The van der Waals surface area contributed by atoms with Crippen LogP contribution in [-0.2, 0) is 19.6 Å². The van der Waals surface area contributed by atoms with Crippen LogP contribution in [0.2, 0.25) is 0 Å². The maximum absolute atomic E-state index is 12.7. The number of nitrogens with zero attached hydrogens (tertiary/aromatic N) is 1. The molecular formula is C13H15F3N2O4S. The fourth-order valence-electron chi connectivity index (χ4n) is 2.13. The molecule has 0 spiro atoms. The molecule has 2 rings (SSSR count). The molecule has 1 aromatic rings. The first-order valence-corrected chi connectivity index (χ1v) is 8.11. The fraction of sp³-hybridized carbons (Fsp3) is 0.462. The molecule has 10 heteroatoms. The van der Waals surface area contributed by atoms with Gasteiger partial charge in [-0.25, -0.2) is 8.42 Å². The number of alkyl halides is 3. The fourth-order valence-corrected chi connectivity index (χ4v) is 3.60. The number of nitrogens with one attached hydrogen (secondary N) is 1. The number of carbonyl (C=O) groups is 1. The summed E-state index contributed by atoms with van der Waals surface area (Å²) in [6.45, 7) is -0.0403. The van der Waals surface area contributed by atoms with Crippen LogP contribution in [0.5, 0.6) is 0 Å². The molecule has 0 saturated carbocycles. The van der Waals surface area contributed by atoms with Gasteiger partial charge >= 0.3 is 6.18 Å². The Kier molecular flexibility index (Phi) is 4.97. The maximum Gasteiger partial charge on any atom is 0.415 e. The molecule has 23 heavy (non-hydrogen) atoms. The summed E-state index contributed by atoms with van der Waals surface area (Å²) in [5, 5.41) is 2.43. The molecule has 1 saturated heterocycles. The van der Waals surface area contributed by atoms with Crippen molar-refractivity contribution in [2.45, 2.75) is 24.1 Å². The molecule has 0 aliphatic carbocycles. The topological polar surface area (TPSA) is 75.7 Å². The maximum atomic E-state index is 12.7. The van der Waals surface area contributed by atoms with Crippen molar-refractivity contribution in [3.05, 3.63) is 24.3 Å². The van der Waals surface area contributed by atoms with E-state index in [9.17, 15) is 26.4 Å². The molecule has 1 atom stereocenters. The van der Waals surface area contributed by atoms with E-state index in [1.807, 2.05) is 0 Å². The molecule has 1 amide bonds. The van der Waals surface area contributed by atoms with Gasteiger partial charge in [0.15, 0.2) is 6.10 Å². The van der Waals surface area contributed by atoms with E-state index >= 15 is 0 Å². The Morgan fingerprint density at radius 2 is 2.09 bits per heavy atom. The number of hydrogen-bond donors (Lipinski definition) is 1. The Labute approximate surface area is 131 Å². The molecule has 1 fully saturated rings. The molecule has 1 N–H and O–H groups in total. The van der Waals surface area contributed by atoms with Crippen LogP contribution < -0.4 is 5.32 Å². The van der Waals surface area contributed by atoms with Gasteiger partial charge < -0.3 is 10.1 Å². The molecule has 1 aliphatic heterocycles. The van der Waals surface area contributed by atoms with E-state index in [0.29, 0.717) is 0 Å². The van der Waals surface area contributed by atoms with Crippen LogP contribution in [0, 0.1) is 0 Å². The zero-order chi connectivity index (χ0) is 17.3. The van der Waals surface area contributed by atoms with Crippen LogP contribution in [-0.4, -0.2) is 50.6 Å². The van der Waals surface area contributed by atoms with Gasteiger partial charge in [0.1, 0.15) is 0 Å². The highest BCUT2D eigenvalue weighted by Gasteiger charge is 2.45. The summed E-state index contributed by atoms with van der Waals surface area (Å²) in [7, 11) is -4.11. The Balaban J connectivity index is 2.26. The number of amides is 1. The zero-order valence-electron chi connectivity index (χ0n) is 12.1. The van der Waals surface area contributed by atoms with Crippen molar-refractivity contribution in [2.75, 3.05) is 25.0 Å². The van der Waals surface area contributed by atoms with Gasteiger partial charge in [-0.05, 0) is 18.2 Å². The second kappa shape index (κ2) is 6.46. The third-order valence-electron chi connectivity index (χ3n) is 3.19. The van der Waals surface area contributed by atoms with Crippen molar-refractivity contribution < 1.29 is 31.1 Å². The number of carbonyl (C=O) groups excluding carboxylic acids is 1. The van der Waals surface area contributed by atoms with E-state index in [1.165, 1.54) is 31.2 Å². The Bertz CT molecular complexity index is 691. The summed E-state index contributed by atoms with van der Waals surface area (Å²) in [6, 6.07) is 5.35. The van der Waals surface area contributed by atoms with Crippen molar-refractivity contribution in [3.8, 4) is 0 Å². The number of sulfonamides is 1. The first-order valence-electron chi connectivity index (χ1n) is 6.67. The van der Waals surface area contributed by atoms with Crippen LogP contribution in [0.4, 0.5) is 18.9 Å². The molecule has 1 aliphatic rings. The van der Waals surface area contributed by atoms with Gasteiger partial charge in [0.05, 0.1) is 11.5 Å². The molecule has 0 aromatic heterocycles. The number of benzene rings is 1. The summed E-state index contributed by atoms with van der Waals surface area (Å²) in [5.41, 5.74) is 0.249. The summed E-state index contributed by atoms with van der Waals surface area (Å²) in [4.78, 5) is 10.8. The van der Waals surface area contributed by atoms with Gasteiger partial charge in [-0.1, -0.05) is 6.07 Å². The van der Waals surface area contributed by atoms with E-state index in [2.05, 4.69) is 10.1 Å². The average Bonchev–Trinajstić information content (AvgIpc) is 2.46. The molecule has 128 valence electrons. The SMILES string of the molecule is CC(=O)Nc1cccc(S(=O)(=O)N2CCOC(C(F)(F)F)C2)c1. The van der Waals surface area contributed by atoms with Gasteiger partial charge in [0.2, 0.25) is 15.9 Å². The number of hydrogen-bond acceptors (Lipinski definition) is 4. The van der Waals surface area contributed by atoms with E-state index in [-0.39, 0.29) is 29.6 Å². The first-order chi connectivity index (χ1) is 10.6. The Hall–Kier alpha value is -1.65. The quantitative estimate of drug-likeness (QED) is 0.897. The first kappa shape index (κ1) is 17.7. The number of halogens is 3. The number of ether oxygens (including phenoxy) is 1. The molecule has 1 heterocycles. The lowest BCUT2D eigenvalue weighted by Gasteiger charge is -2.33. The average molecular weight is 352 g/mol. The highest BCUT2D eigenvalue weighted by molar-refractivity contribution is 7.89. The number of anilines is 1. The van der Waals surface area contributed by atoms with Crippen LogP contribution in [0.1, 0.15) is 6.92 Å². The van der Waals surface area contributed by atoms with Crippen molar-refractivity contribution in [2.24, 2.45) is 0 Å². The number of rotatable bonds is 3. The predicted molar refractivity (Wildman–Crippen MR) is 75.3 cm³/mol. The molecule has 1 aromatic carbocycles. The summed E-state index contributed by atoms with van der Waals surface area (Å²) >= 11 is 0. The van der Waals surface area contributed by atoms with Crippen LogP contribution in [0.3, 0.4) is 0 Å². The van der Waals surface area contributed by atoms with Crippen LogP contribution >= 0.6 is 0 Å². The Morgan fingerprint density at radius 1 is 1.39 bits per heavy atom. The smallest absolute Gasteiger partial charge is 0.366 e. The lowest BCUT2D eigenvalue weighted by molar-refractivity contribution is -0.231. The monoisotopic (exact) mass is 352 g/mol. The van der Waals surface area contributed by atoms with Crippen molar-refractivity contribution in [3.63, 3.8) is 0 Å². The summed E-state index contributed by atoms with van der Waals surface area (Å²) in [5.74, 6) is -0.386. The molecule has 0 bridgehead atoms. The lowest BCUT2D eigenvalue weighted by atomic mass is 10.3. The number of morpholine rings is 1. The van der Waals surface area contributed by atoms with Crippen molar-refractivity contribution in [1.82, 2.24) is 4.31 Å². The minimum absolute atomic E-state index is 0.167. The van der Waals surface area contributed by atoms with Gasteiger partial charge in [-0.15, -0.1) is 0 Å². The molecular weight excluding hydrogens is 337 g/mol. The van der Waals surface area contributed by atoms with Crippen molar-refractivity contribution >= 4 is 21.6 Å². The van der Waals surface area contributed by atoms with E-state index in [1.54, 1.807) is 0 Å². The second-order valence-electron chi connectivity index (χ2n) is 4.97. The predicted octanol–water partition coefficient (Wildman–Crippen LogP) is 1.60. The second-order valence-corrected chi connectivity index (χ2v) is 6.91. The lowest BCUT2D eigenvalue weighted by Crippen LogP contribution is -2.51. The van der Waals surface area contributed by atoms with Gasteiger partial charge in [0.25, 0.3) is 0 Å². The molecule has 1 unspecified atom stereocenters. The van der Waals surface area contributed by atoms with Gasteiger partial charge in [-0.2, -0.15) is 17.5 Å². The third kappa shape index (κ3) is 4.21. The molecule has 6 nitrogen and oxygen atoms in total. The van der Waals surface area contributed by atoms with Gasteiger partial charge in [0, 0.05) is 25.7 Å². The van der Waals surface area contributed by atoms with E-state index in [4.69, 9.17) is 0 Å². The highest BCUT2D eigenvalue weighted by atomic mass is 32.2. The largest absolute Gasteiger partial charge is 0.415 e. The minimum Gasteiger partial charge on any atom is -0.366 e. The summed E-state index contributed by atoms with van der Waals surface area (Å²) in [6.07, 6.45) is -6.78. The van der Waals surface area contributed by atoms with Crippen LogP contribution in [0.25, 0.3) is 0 Å². The standard InChI is InChI=1S/C13H15F3N2O4S/c1-9(19)17-10-3-2-4-11(7-10)23(20,21)18-5-6-22-12(8-18)13(14,15)16/h2-4,7,12H,5-6,8H2,1H3,(H,17,19). The Morgan fingerprint density at radius 3 is 2.70 bits per heavy atom. The van der Waals surface area contributed by atoms with Crippen LogP contribution in [0.15, 0.2) is 29.2 Å². The van der Waals surface area contributed by atoms with Gasteiger partial charge in [-0.3, -0.25) is 4.79 Å². The van der Waals surface area contributed by atoms with E-state index in [0.717, 1.165) is 4.31 Å². The minimum atomic E-state index is -4.63. The van der Waals surface area contributed by atoms with Crippen molar-refractivity contribution in [1.29, 1.82) is 0 Å².